The first-order chi connectivity index (χ1) is 6.27. The van der Waals surface area contributed by atoms with Crippen LogP contribution in [0.1, 0.15) is 39.5 Å². The standard InChI is InChI=1S/C11H24N2/c1-3-5-11(12)10-6-8-13(4-2)9-7-10/h10-11H,3-9,12H2,1-2H3. The lowest BCUT2D eigenvalue weighted by atomic mass is 9.88. The molecule has 0 amide bonds. The first kappa shape index (κ1) is 11.0. The molecule has 2 nitrogen and oxygen atoms in total. The molecular weight excluding hydrogens is 160 g/mol. The van der Waals surface area contributed by atoms with Crippen molar-refractivity contribution in [3.05, 3.63) is 0 Å². The highest BCUT2D eigenvalue weighted by Crippen LogP contribution is 2.21. The zero-order valence-corrected chi connectivity index (χ0v) is 9.13. The Hall–Kier alpha value is -0.0800. The van der Waals surface area contributed by atoms with Crippen molar-refractivity contribution in [2.45, 2.75) is 45.6 Å². The molecule has 0 aliphatic carbocycles. The van der Waals surface area contributed by atoms with Gasteiger partial charge in [0.15, 0.2) is 0 Å². The van der Waals surface area contributed by atoms with Gasteiger partial charge in [-0.3, -0.25) is 0 Å². The Kier molecular flexibility index (Phi) is 4.74. The van der Waals surface area contributed by atoms with E-state index in [1.165, 1.54) is 45.3 Å². The van der Waals surface area contributed by atoms with Crippen molar-refractivity contribution >= 4 is 0 Å². The van der Waals surface area contributed by atoms with E-state index >= 15 is 0 Å². The predicted octanol–water partition coefficient (Wildman–Crippen LogP) is 1.85. The maximum Gasteiger partial charge on any atom is 0.00680 e. The first-order valence-corrected chi connectivity index (χ1v) is 5.75. The van der Waals surface area contributed by atoms with Crippen LogP contribution in [0.5, 0.6) is 0 Å². The smallest absolute Gasteiger partial charge is 0.00680 e. The summed E-state index contributed by atoms with van der Waals surface area (Å²) in [5, 5.41) is 0. The molecule has 13 heavy (non-hydrogen) atoms. The SMILES string of the molecule is CCCC(N)C1CCN(CC)CC1. The van der Waals surface area contributed by atoms with Crippen LogP contribution in [0.25, 0.3) is 0 Å². The second-order valence-electron chi connectivity index (χ2n) is 4.22. The van der Waals surface area contributed by atoms with Crippen molar-refractivity contribution in [2.75, 3.05) is 19.6 Å². The van der Waals surface area contributed by atoms with E-state index in [4.69, 9.17) is 5.73 Å². The fourth-order valence-electron chi connectivity index (χ4n) is 2.27. The van der Waals surface area contributed by atoms with Crippen molar-refractivity contribution in [1.82, 2.24) is 4.90 Å². The van der Waals surface area contributed by atoms with Crippen molar-refractivity contribution in [1.29, 1.82) is 0 Å². The number of piperidine rings is 1. The van der Waals surface area contributed by atoms with Crippen LogP contribution in [0, 0.1) is 5.92 Å². The van der Waals surface area contributed by atoms with Gasteiger partial charge in [0, 0.05) is 6.04 Å². The highest BCUT2D eigenvalue weighted by atomic mass is 15.1. The molecule has 0 radical (unpaired) electrons. The van der Waals surface area contributed by atoms with Gasteiger partial charge in [-0.05, 0) is 44.8 Å². The Morgan fingerprint density at radius 3 is 2.38 bits per heavy atom. The van der Waals surface area contributed by atoms with Gasteiger partial charge in [0.2, 0.25) is 0 Å². The fourth-order valence-corrected chi connectivity index (χ4v) is 2.27. The largest absolute Gasteiger partial charge is 0.327 e. The minimum atomic E-state index is 0.462. The maximum atomic E-state index is 6.13. The molecule has 1 rings (SSSR count). The number of nitrogens with zero attached hydrogens (tertiary/aromatic N) is 1. The zero-order chi connectivity index (χ0) is 9.68. The van der Waals surface area contributed by atoms with Gasteiger partial charge in [-0.1, -0.05) is 20.3 Å². The van der Waals surface area contributed by atoms with Gasteiger partial charge in [0.05, 0.1) is 0 Å². The lowest BCUT2D eigenvalue weighted by Crippen LogP contribution is -2.40. The minimum Gasteiger partial charge on any atom is -0.327 e. The molecular formula is C11H24N2. The summed E-state index contributed by atoms with van der Waals surface area (Å²) in [5.41, 5.74) is 6.13. The van der Waals surface area contributed by atoms with Gasteiger partial charge in [-0.2, -0.15) is 0 Å². The van der Waals surface area contributed by atoms with Crippen LogP contribution < -0.4 is 5.73 Å². The summed E-state index contributed by atoms with van der Waals surface area (Å²) in [4.78, 5) is 2.52. The molecule has 1 aliphatic rings. The lowest BCUT2D eigenvalue weighted by Gasteiger charge is -2.34. The van der Waals surface area contributed by atoms with Crippen LogP contribution in [0.4, 0.5) is 0 Å². The van der Waals surface area contributed by atoms with E-state index in [1.807, 2.05) is 0 Å². The average Bonchev–Trinajstić information content (AvgIpc) is 2.18. The highest BCUT2D eigenvalue weighted by molar-refractivity contribution is 4.79. The third-order valence-electron chi connectivity index (χ3n) is 3.31. The topological polar surface area (TPSA) is 29.3 Å². The van der Waals surface area contributed by atoms with Crippen LogP contribution in [0.3, 0.4) is 0 Å². The molecule has 0 aromatic heterocycles. The molecule has 0 saturated carbocycles. The van der Waals surface area contributed by atoms with Gasteiger partial charge < -0.3 is 10.6 Å². The molecule has 2 heteroatoms. The molecule has 1 heterocycles. The van der Waals surface area contributed by atoms with Crippen molar-refractivity contribution < 1.29 is 0 Å². The quantitative estimate of drug-likeness (QED) is 0.722. The second-order valence-corrected chi connectivity index (χ2v) is 4.22. The predicted molar refractivity (Wildman–Crippen MR) is 57.7 cm³/mol. The van der Waals surface area contributed by atoms with E-state index in [-0.39, 0.29) is 0 Å². The zero-order valence-electron chi connectivity index (χ0n) is 9.13. The fraction of sp³-hybridized carbons (Fsp3) is 1.00. The summed E-state index contributed by atoms with van der Waals surface area (Å²) in [5.74, 6) is 0.794. The van der Waals surface area contributed by atoms with Crippen LogP contribution in [-0.4, -0.2) is 30.6 Å². The summed E-state index contributed by atoms with van der Waals surface area (Å²) in [6.45, 7) is 8.19. The van der Waals surface area contributed by atoms with Crippen molar-refractivity contribution in [2.24, 2.45) is 11.7 Å². The Balaban J connectivity index is 2.23. The average molecular weight is 184 g/mol. The van der Waals surface area contributed by atoms with E-state index in [9.17, 15) is 0 Å². The third kappa shape index (κ3) is 3.28. The van der Waals surface area contributed by atoms with Gasteiger partial charge in [-0.15, -0.1) is 0 Å². The molecule has 0 bridgehead atoms. The second kappa shape index (κ2) is 5.61. The van der Waals surface area contributed by atoms with E-state index in [1.54, 1.807) is 0 Å². The van der Waals surface area contributed by atoms with Gasteiger partial charge in [0.25, 0.3) is 0 Å². The summed E-state index contributed by atoms with van der Waals surface area (Å²) >= 11 is 0. The summed E-state index contributed by atoms with van der Waals surface area (Å²) in [6.07, 6.45) is 5.07. The highest BCUT2D eigenvalue weighted by Gasteiger charge is 2.22. The summed E-state index contributed by atoms with van der Waals surface area (Å²) in [6, 6.07) is 0.462. The van der Waals surface area contributed by atoms with E-state index in [2.05, 4.69) is 18.7 Å². The molecule has 1 aliphatic heterocycles. The van der Waals surface area contributed by atoms with Gasteiger partial charge in [0.1, 0.15) is 0 Å². The Morgan fingerprint density at radius 2 is 1.92 bits per heavy atom. The monoisotopic (exact) mass is 184 g/mol. The van der Waals surface area contributed by atoms with E-state index in [0.29, 0.717) is 6.04 Å². The van der Waals surface area contributed by atoms with Gasteiger partial charge >= 0.3 is 0 Å². The van der Waals surface area contributed by atoms with Gasteiger partial charge in [-0.25, -0.2) is 0 Å². The molecule has 1 saturated heterocycles. The van der Waals surface area contributed by atoms with Crippen LogP contribution >= 0.6 is 0 Å². The summed E-state index contributed by atoms with van der Waals surface area (Å²) in [7, 11) is 0. The molecule has 1 fully saturated rings. The van der Waals surface area contributed by atoms with E-state index < -0.39 is 0 Å². The number of rotatable bonds is 4. The van der Waals surface area contributed by atoms with Crippen LogP contribution in [0.15, 0.2) is 0 Å². The molecule has 1 unspecified atom stereocenters. The molecule has 0 aromatic carbocycles. The van der Waals surface area contributed by atoms with Crippen LogP contribution in [0.2, 0.25) is 0 Å². The Morgan fingerprint density at radius 1 is 1.31 bits per heavy atom. The number of nitrogens with two attached hydrogens (primary N) is 1. The normalized spacial score (nSPS) is 23.3. The molecule has 0 aromatic rings. The molecule has 1 atom stereocenters. The van der Waals surface area contributed by atoms with Crippen molar-refractivity contribution in [3.8, 4) is 0 Å². The summed E-state index contributed by atoms with van der Waals surface area (Å²) < 4.78 is 0. The van der Waals surface area contributed by atoms with Crippen molar-refractivity contribution in [3.63, 3.8) is 0 Å². The minimum absolute atomic E-state index is 0.462. The number of likely N-dealkylation sites (tertiary alicyclic amines) is 1. The molecule has 0 spiro atoms. The van der Waals surface area contributed by atoms with E-state index in [0.717, 1.165) is 5.92 Å². The Bertz CT molecular complexity index is 128. The molecule has 78 valence electrons. The number of hydrogen-bond acceptors (Lipinski definition) is 2. The lowest BCUT2D eigenvalue weighted by molar-refractivity contribution is 0.172. The maximum absolute atomic E-state index is 6.13. The third-order valence-corrected chi connectivity index (χ3v) is 3.31. The van der Waals surface area contributed by atoms with Crippen LogP contribution in [-0.2, 0) is 0 Å². The number of hydrogen-bond donors (Lipinski definition) is 1. The molecule has 2 N–H and O–H groups in total. The Labute approximate surface area is 82.5 Å². The first-order valence-electron chi connectivity index (χ1n) is 5.75.